The van der Waals surface area contributed by atoms with E-state index in [1.807, 2.05) is 18.2 Å². The van der Waals surface area contributed by atoms with Crippen LogP contribution in [-0.2, 0) is 6.54 Å². The summed E-state index contributed by atoms with van der Waals surface area (Å²) in [4.78, 5) is 5.18. The lowest BCUT2D eigenvalue weighted by Crippen LogP contribution is -1.98. The molecule has 0 amide bonds. The summed E-state index contributed by atoms with van der Waals surface area (Å²) in [5.74, 6) is 0. The Morgan fingerprint density at radius 3 is 2.88 bits per heavy atom. The van der Waals surface area contributed by atoms with Gasteiger partial charge >= 0.3 is 0 Å². The first-order chi connectivity index (χ1) is 7.65. The Hall–Kier alpha value is -0.290. The molecular weight excluding hydrogens is 331 g/mol. The van der Waals surface area contributed by atoms with Crippen molar-refractivity contribution >= 4 is 56.2 Å². The second-order valence-electron chi connectivity index (χ2n) is 3.05. The van der Waals surface area contributed by atoms with Crippen molar-refractivity contribution in [3.63, 3.8) is 0 Å². The van der Waals surface area contributed by atoms with Gasteiger partial charge in [0.05, 0.1) is 10.0 Å². The normalized spacial score (nSPS) is 10.4. The molecule has 2 aromatic heterocycles. The first-order valence-electron chi connectivity index (χ1n) is 4.44. The molecule has 16 heavy (non-hydrogen) atoms. The van der Waals surface area contributed by atoms with E-state index in [-0.39, 0.29) is 0 Å². The van der Waals surface area contributed by atoms with Crippen molar-refractivity contribution in [3.05, 3.63) is 43.2 Å². The van der Waals surface area contributed by atoms with Crippen molar-refractivity contribution in [2.75, 3.05) is 5.32 Å². The van der Waals surface area contributed by atoms with E-state index in [4.69, 9.17) is 23.2 Å². The van der Waals surface area contributed by atoms with Gasteiger partial charge in [0.1, 0.15) is 0 Å². The molecule has 0 bridgehead atoms. The highest BCUT2D eigenvalue weighted by atomic mass is 79.9. The fourth-order valence-electron chi connectivity index (χ4n) is 1.18. The third kappa shape index (κ3) is 3.10. The summed E-state index contributed by atoms with van der Waals surface area (Å²) in [6, 6.07) is 5.76. The van der Waals surface area contributed by atoms with Crippen LogP contribution in [0, 0.1) is 0 Å². The molecule has 0 atom stereocenters. The summed E-state index contributed by atoms with van der Waals surface area (Å²) in [5, 5.41) is 3.67. The molecule has 0 unspecified atom stereocenters. The lowest BCUT2D eigenvalue weighted by molar-refractivity contribution is 1.17. The van der Waals surface area contributed by atoms with Crippen LogP contribution < -0.4 is 5.32 Å². The molecule has 84 valence electrons. The third-order valence-corrected chi connectivity index (χ3v) is 3.85. The Bertz CT molecular complexity index is 501. The highest BCUT2D eigenvalue weighted by Crippen LogP contribution is 2.26. The summed E-state index contributed by atoms with van der Waals surface area (Å²) in [6.07, 6.45) is 1.66. The molecule has 0 aromatic carbocycles. The number of rotatable bonds is 3. The number of nitrogens with one attached hydrogen (secondary N) is 1. The van der Waals surface area contributed by atoms with Crippen molar-refractivity contribution in [1.29, 1.82) is 0 Å². The predicted octanol–water partition coefficient (Wildman–Crippen LogP) is 4.82. The van der Waals surface area contributed by atoms with E-state index in [2.05, 4.69) is 26.2 Å². The molecule has 0 fully saturated rings. The molecule has 2 rings (SSSR count). The molecule has 0 aliphatic rings. The first kappa shape index (κ1) is 12.2. The van der Waals surface area contributed by atoms with Gasteiger partial charge in [0, 0.05) is 22.1 Å². The number of halogens is 3. The average Bonchev–Trinajstić information content (AvgIpc) is 2.66. The maximum absolute atomic E-state index is 5.95. The summed E-state index contributed by atoms with van der Waals surface area (Å²) >= 11 is 16.7. The van der Waals surface area contributed by atoms with Crippen molar-refractivity contribution in [2.24, 2.45) is 0 Å². The Morgan fingerprint density at radius 2 is 2.19 bits per heavy atom. The van der Waals surface area contributed by atoms with Crippen LogP contribution in [-0.4, -0.2) is 4.98 Å². The van der Waals surface area contributed by atoms with Crippen molar-refractivity contribution in [1.82, 2.24) is 4.98 Å². The van der Waals surface area contributed by atoms with E-state index in [1.165, 1.54) is 0 Å². The SMILES string of the molecule is Clc1ccc(CNc2cc(Br)cnc2Cl)s1. The van der Waals surface area contributed by atoms with Crippen molar-refractivity contribution in [2.45, 2.75) is 6.54 Å². The predicted molar refractivity (Wildman–Crippen MR) is 73.6 cm³/mol. The number of thiophene rings is 1. The average molecular weight is 338 g/mol. The largest absolute Gasteiger partial charge is 0.378 e. The monoisotopic (exact) mass is 336 g/mol. The van der Waals surface area contributed by atoms with Gasteiger partial charge in [-0.25, -0.2) is 4.98 Å². The smallest absolute Gasteiger partial charge is 0.152 e. The van der Waals surface area contributed by atoms with Crippen LogP contribution in [0.1, 0.15) is 4.88 Å². The summed E-state index contributed by atoms with van der Waals surface area (Å²) in [5.41, 5.74) is 0.806. The van der Waals surface area contributed by atoms with Crippen LogP contribution in [0.25, 0.3) is 0 Å². The maximum atomic E-state index is 5.95. The van der Waals surface area contributed by atoms with E-state index in [0.717, 1.165) is 19.4 Å². The number of hydrogen-bond acceptors (Lipinski definition) is 3. The minimum absolute atomic E-state index is 0.464. The quantitative estimate of drug-likeness (QED) is 0.812. The van der Waals surface area contributed by atoms with Gasteiger partial charge in [-0.05, 0) is 34.1 Å². The van der Waals surface area contributed by atoms with Gasteiger partial charge in [0.2, 0.25) is 0 Å². The van der Waals surface area contributed by atoms with E-state index < -0.39 is 0 Å². The van der Waals surface area contributed by atoms with Crippen LogP contribution in [0.15, 0.2) is 28.9 Å². The van der Waals surface area contributed by atoms with Gasteiger partial charge in [-0.15, -0.1) is 11.3 Å². The zero-order chi connectivity index (χ0) is 11.5. The zero-order valence-corrected chi connectivity index (χ0v) is 11.9. The minimum atomic E-state index is 0.464. The number of pyridine rings is 1. The van der Waals surface area contributed by atoms with Crippen molar-refractivity contribution < 1.29 is 0 Å². The van der Waals surface area contributed by atoms with Crippen LogP contribution >= 0.6 is 50.5 Å². The molecule has 0 radical (unpaired) electrons. The highest BCUT2D eigenvalue weighted by Gasteiger charge is 2.03. The van der Waals surface area contributed by atoms with Gasteiger partial charge in [-0.2, -0.15) is 0 Å². The van der Waals surface area contributed by atoms with Gasteiger partial charge in [-0.3, -0.25) is 0 Å². The summed E-state index contributed by atoms with van der Waals surface area (Å²) < 4.78 is 1.68. The number of anilines is 1. The number of aromatic nitrogens is 1. The zero-order valence-electron chi connectivity index (χ0n) is 8.01. The van der Waals surface area contributed by atoms with Crippen LogP contribution in [0.2, 0.25) is 9.49 Å². The molecule has 2 nitrogen and oxygen atoms in total. The number of hydrogen-bond donors (Lipinski definition) is 1. The highest BCUT2D eigenvalue weighted by molar-refractivity contribution is 9.10. The number of nitrogens with zero attached hydrogens (tertiary/aromatic N) is 1. The summed E-state index contributed by atoms with van der Waals surface area (Å²) in [7, 11) is 0. The van der Waals surface area contributed by atoms with E-state index in [1.54, 1.807) is 17.5 Å². The Kier molecular flexibility index (Phi) is 4.08. The molecule has 0 spiro atoms. The molecule has 0 aliphatic carbocycles. The molecule has 1 N–H and O–H groups in total. The lowest BCUT2D eigenvalue weighted by Gasteiger charge is -2.06. The third-order valence-electron chi connectivity index (χ3n) is 1.89. The first-order valence-corrected chi connectivity index (χ1v) is 6.81. The molecular formula is C10H7BrCl2N2S. The summed E-state index contributed by atoms with van der Waals surface area (Å²) in [6.45, 7) is 0.690. The molecule has 0 saturated carbocycles. The van der Waals surface area contributed by atoms with Crippen LogP contribution in [0.5, 0.6) is 0 Å². The maximum Gasteiger partial charge on any atom is 0.152 e. The van der Waals surface area contributed by atoms with Crippen LogP contribution in [0.3, 0.4) is 0 Å². The van der Waals surface area contributed by atoms with E-state index >= 15 is 0 Å². The molecule has 2 aromatic rings. The fraction of sp³-hybridized carbons (Fsp3) is 0.100. The van der Waals surface area contributed by atoms with Gasteiger partial charge in [-0.1, -0.05) is 23.2 Å². The van der Waals surface area contributed by atoms with Crippen molar-refractivity contribution in [3.8, 4) is 0 Å². The Labute approximate surface area is 116 Å². The Morgan fingerprint density at radius 1 is 1.38 bits per heavy atom. The fourth-order valence-corrected chi connectivity index (χ4v) is 2.70. The van der Waals surface area contributed by atoms with E-state index in [9.17, 15) is 0 Å². The second-order valence-corrected chi connectivity index (χ2v) is 6.12. The minimum Gasteiger partial charge on any atom is -0.378 e. The van der Waals surface area contributed by atoms with Gasteiger partial charge in [0.15, 0.2) is 5.15 Å². The molecule has 0 saturated heterocycles. The topological polar surface area (TPSA) is 24.9 Å². The standard InChI is InChI=1S/C10H7BrCl2N2S/c11-6-3-8(10(13)15-4-6)14-5-7-1-2-9(12)16-7/h1-4,14H,5H2. The second kappa shape index (κ2) is 5.36. The van der Waals surface area contributed by atoms with Gasteiger partial charge in [0.25, 0.3) is 0 Å². The van der Waals surface area contributed by atoms with Gasteiger partial charge < -0.3 is 5.32 Å². The van der Waals surface area contributed by atoms with E-state index in [0.29, 0.717) is 11.7 Å². The van der Waals surface area contributed by atoms with Crippen LogP contribution in [0.4, 0.5) is 5.69 Å². The molecule has 6 heteroatoms. The molecule has 0 aliphatic heterocycles. The molecule has 2 heterocycles. The lowest BCUT2D eigenvalue weighted by atomic mass is 10.4. The Balaban J connectivity index is 2.07.